The van der Waals surface area contributed by atoms with E-state index in [1.807, 2.05) is 18.2 Å². The molecule has 0 saturated heterocycles. The number of carbonyl (C=O) groups is 2. The first kappa shape index (κ1) is 15.1. The summed E-state index contributed by atoms with van der Waals surface area (Å²) in [7, 11) is 0. The van der Waals surface area contributed by atoms with Crippen LogP contribution < -0.4 is 5.32 Å². The first-order valence-corrected chi connectivity index (χ1v) is 7.62. The molecule has 3 rings (SSSR count). The quantitative estimate of drug-likeness (QED) is 0.686. The zero-order chi connectivity index (χ0) is 16.2. The van der Waals surface area contributed by atoms with Gasteiger partial charge in [-0.25, -0.2) is 9.78 Å². The number of hydrogen-bond acceptors (Lipinski definition) is 7. The molecule has 0 saturated carbocycles. The standard InChI is InChI=1S/C14H13N5O3S/c1-2-22-14(21)12-11(16-7-17-12)13(20)15-6-8-3-4-9-10(5-8)19-23-18-9/h3-5,7H,2,6H2,1H3,(H,15,20)(H,16,17). The van der Waals surface area contributed by atoms with Gasteiger partial charge in [0.1, 0.15) is 11.0 Å². The van der Waals surface area contributed by atoms with Crippen LogP contribution >= 0.6 is 11.7 Å². The highest BCUT2D eigenvalue weighted by Gasteiger charge is 2.21. The van der Waals surface area contributed by atoms with Gasteiger partial charge in [0.05, 0.1) is 24.7 Å². The van der Waals surface area contributed by atoms with Crippen LogP contribution in [0.25, 0.3) is 11.0 Å². The minimum atomic E-state index is -0.606. The molecule has 9 heteroatoms. The Kier molecular flexibility index (Phi) is 4.29. The highest BCUT2D eigenvalue weighted by atomic mass is 32.1. The molecule has 0 unspecified atom stereocenters. The number of fused-ring (bicyclic) bond motifs is 1. The number of benzene rings is 1. The molecule has 0 aliphatic rings. The fourth-order valence-electron chi connectivity index (χ4n) is 2.03. The van der Waals surface area contributed by atoms with Crippen LogP contribution in [0.1, 0.15) is 33.5 Å². The summed E-state index contributed by atoms with van der Waals surface area (Å²) in [6.45, 7) is 2.21. The first-order valence-electron chi connectivity index (χ1n) is 6.89. The molecular formula is C14H13N5O3S. The van der Waals surface area contributed by atoms with Crippen LogP contribution in [-0.2, 0) is 11.3 Å². The van der Waals surface area contributed by atoms with E-state index in [-0.39, 0.29) is 18.0 Å². The van der Waals surface area contributed by atoms with E-state index in [9.17, 15) is 9.59 Å². The maximum atomic E-state index is 12.2. The van der Waals surface area contributed by atoms with Gasteiger partial charge in [-0.2, -0.15) is 8.75 Å². The third-order valence-electron chi connectivity index (χ3n) is 3.11. The molecule has 23 heavy (non-hydrogen) atoms. The van der Waals surface area contributed by atoms with E-state index < -0.39 is 11.9 Å². The second-order valence-corrected chi connectivity index (χ2v) is 5.15. The molecule has 0 bridgehead atoms. The average Bonchev–Trinajstić information content (AvgIpc) is 3.21. The molecule has 118 valence electrons. The number of esters is 1. The Morgan fingerprint density at radius 1 is 1.30 bits per heavy atom. The largest absolute Gasteiger partial charge is 0.461 e. The molecule has 3 aromatic rings. The smallest absolute Gasteiger partial charge is 0.357 e. The fourth-order valence-corrected chi connectivity index (χ4v) is 2.55. The summed E-state index contributed by atoms with van der Waals surface area (Å²) in [5, 5.41) is 2.72. The Morgan fingerprint density at radius 3 is 2.96 bits per heavy atom. The normalized spacial score (nSPS) is 10.7. The molecule has 0 atom stereocenters. The van der Waals surface area contributed by atoms with Gasteiger partial charge in [0, 0.05) is 6.54 Å². The second kappa shape index (κ2) is 6.53. The number of rotatable bonds is 5. The summed E-state index contributed by atoms with van der Waals surface area (Å²) >= 11 is 1.14. The Balaban J connectivity index is 1.70. The van der Waals surface area contributed by atoms with Gasteiger partial charge in [-0.3, -0.25) is 4.79 Å². The lowest BCUT2D eigenvalue weighted by atomic mass is 10.2. The minimum absolute atomic E-state index is 0.0138. The van der Waals surface area contributed by atoms with Crippen LogP contribution in [0.2, 0.25) is 0 Å². The van der Waals surface area contributed by atoms with Gasteiger partial charge in [0.2, 0.25) is 0 Å². The Morgan fingerprint density at radius 2 is 2.13 bits per heavy atom. The molecule has 0 fully saturated rings. The van der Waals surface area contributed by atoms with Gasteiger partial charge in [0.15, 0.2) is 11.4 Å². The van der Waals surface area contributed by atoms with Gasteiger partial charge < -0.3 is 15.0 Å². The average molecular weight is 331 g/mol. The number of nitrogens with one attached hydrogen (secondary N) is 2. The van der Waals surface area contributed by atoms with Crippen molar-refractivity contribution in [2.24, 2.45) is 0 Å². The minimum Gasteiger partial charge on any atom is -0.461 e. The van der Waals surface area contributed by atoms with Crippen molar-refractivity contribution in [3.63, 3.8) is 0 Å². The number of amides is 1. The Labute approximate surface area is 135 Å². The zero-order valence-electron chi connectivity index (χ0n) is 12.2. The van der Waals surface area contributed by atoms with Crippen LogP contribution in [0.4, 0.5) is 0 Å². The van der Waals surface area contributed by atoms with Crippen LogP contribution in [0.3, 0.4) is 0 Å². The molecule has 0 radical (unpaired) electrons. The molecule has 1 aromatic carbocycles. The first-order chi connectivity index (χ1) is 11.2. The van der Waals surface area contributed by atoms with Crippen molar-refractivity contribution in [3.8, 4) is 0 Å². The molecule has 2 N–H and O–H groups in total. The lowest BCUT2D eigenvalue weighted by Gasteiger charge is -2.05. The molecule has 0 aliphatic heterocycles. The molecule has 2 aromatic heterocycles. The summed E-state index contributed by atoms with van der Waals surface area (Å²) in [6, 6.07) is 5.57. The summed E-state index contributed by atoms with van der Waals surface area (Å²) < 4.78 is 13.2. The molecule has 1 amide bonds. The molecule has 0 spiro atoms. The summed E-state index contributed by atoms with van der Waals surface area (Å²) in [5.74, 6) is -1.06. The SMILES string of the molecule is CCOC(=O)c1[nH]cnc1C(=O)NCc1ccc2nsnc2c1. The number of imidazole rings is 1. The van der Waals surface area contributed by atoms with Gasteiger partial charge >= 0.3 is 5.97 Å². The van der Waals surface area contributed by atoms with Crippen molar-refractivity contribution in [1.82, 2.24) is 24.0 Å². The number of carbonyl (C=O) groups excluding carboxylic acids is 2. The van der Waals surface area contributed by atoms with Crippen molar-refractivity contribution < 1.29 is 14.3 Å². The van der Waals surface area contributed by atoms with Crippen molar-refractivity contribution >= 4 is 34.6 Å². The number of aromatic nitrogens is 4. The lowest BCUT2D eigenvalue weighted by molar-refractivity contribution is 0.0516. The number of hydrogen-bond donors (Lipinski definition) is 2. The zero-order valence-corrected chi connectivity index (χ0v) is 13.0. The van der Waals surface area contributed by atoms with Crippen molar-refractivity contribution in [1.29, 1.82) is 0 Å². The van der Waals surface area contributed by atoms with Crippen molar-refractivity contribution in [3.05, 3.63) is 41.5 Å². The topological polar surface area (TPSA) is 110 Å². The van der Waals surface area contributed by atoms with Crippen LogP contribution in [0.15, 0.2) is 24.5 Å². The number of H-pyrrole nitrogens is 1. The van der Waals surface area contributed by atoms with E-state index in [2.05, 4.69) is 24.0 Å². The fraction of sp³-hybridized carbons (Fsp3) is 0.214. The van der Waals surface area contributed by atoms with Crippen molar-refractivity contribution in [2.45, 2.75) is 13.5 Å². The number of nitrogens with zero attached hydrogens (tertiary/aromatic N) is 3. The monoisotopic (exact) mass is 331 g/mol. The number of ether oxygens (including phenoxy) is 1. The van der Waals surface area contributed by atoms with E-state index in [0.717, 1.165) is 28.3 Å². The third kappa shape index (κ3) is 3.19. The van der Waals surface area contributed by atoms with Crippen LogP contribution in [0.5, 0.6) is 0 Å². The molecule has 0 aliphatic carbocycles. The van der Waals surface area contributed by atoms with E-state index in [1.165, 1.54) is 6.33 Å². The number of aromatic amines is 1. The van der Waals surface area contributed by atoms with Crippen LogP contribution in [0, 0.1) is 0 Å². The van der Waals surface area contributed by atoms with E-state index in [0.29, 0.717) is 6.54 Å². The molecule has 2 heterocycles. The van der Waals surface area contributed by atoms with Gasteiger partial charge in [-0.05, 0) is 24.6 Å². The summed E-state index contributed by atoms with van der Waals surface area (Å²) in [4.78, 5) is 30.4. The lowest BCUT2D eigenvalue weighted by Crippen LogP contribution is -2.25. The second-order valence-electron chi connectivity index (χ2n) is 4.62. The van der Waals surface area contributed by atoms with Crippen molar-refractivity contribution in [2.75, 3.05) is 6.61 Å². The van der Waals surface area contributed by atoms with Gasteiger partial charge in [0.25, 0.3) is 5.91 Å². The Bertz CT molecular complexity index is 857. The van der Waals surface area contributed by atoms with E-state index >= 15 is 0 Å². The summed E-state index contributed by atoms with van der Waals surface area (Å²) in [6.07, 6.45) is 1.29. The van der Waals surface area contributed by atoms with E-state index in [1.54, 1.807) is 6.92 Å². The molecular weight excluding hydrogens is 318 g/mol. The van der Waals surface area contributed by atoms with Gasteiger partial charge in [-0.1, -0.05) is 6.07 Å². The van der Waals surface area contributed by atoms with Crippen LogP contribution in [-0.4, -0.2) is 37.2 Å². The third-order valence-corrected chi connectivity index (χ3v) is 3.66. The van der Waals surface area contributed by atoms with E-state index in [4.69, 9.17) is 4.74 Å². The predicted octanol–water partition coefficient (Wildman–Crippen LogP) is 1.52. The van der Waals surface area contributed by atoms with Gasteiger partial charge in [-0.15, -0.1) is 0 Å². The highest BCUT2D eigenvalue weighted by Crippen LogP contribution is 2.13. The summed E-state index contributed by atoms with van der Waals surface area (Å²) in [5.41, 5.74) is 2.55. The predicted molar refractivity (Wildman–Crippen MR) is 83.1 cm³/mol. The maximum Gasteiger partial charge on any atom is 0.357 e. The maximum absolute atomic E-state index is 12.2. The molecule has 8 nitrogen and oxygen atoms in total. The highest BCUT2D eigenvalue weighted by molar-refractivity contribution is 7.00. The Hall–Kier alpha value is -2.81.